The van der Waals surface area contributed by atoms with E-state index in [2.05, 4.69) is 5.10 Å². The van der Waals surface area contributed by atoms with Crippen LogP contribution < -0.4 is 5.73 Å². The van der Waals surface area contributed by atoms with Crippen molar-refractivity contribution >= 4 is 5.82 Å². The Morgan fingerprint density at radius 1 is 1.54 bits per heavy atom. The van der Waals surface area contributed by atoms with E-state index >= 15 is 0 Å². The Morgan fingerprint density at radius 3 is 2.77 bits per heavy atom. The molecular formula is C10H17N3. The van der Waals surface area contributed by atoms with Crippen LogP contribution in [-0.4, -0.2) is 9.78 Å². The molecule has 0 aliphatic heterocycles. The summed E-state index contributed by atoms with van der Waals surface area (Å²) in [6.07, 6.45) is 7.55. The molecule has 1 aliphatic carbocycles. The van der Waals surface area contributed by atoms with Crippen LogP contribution in [0.2, 0.25) is 0 Å². The van der Waals surface area contributed by atoms with Gasteiger partial charge in [-0.1, -0.05) is 12.8 Å². The molecule has 0 amide bonds. The van der Waals surface area contributed by atoms with E-state index in [1.807, 2.05) is 17.8 Å². The predicted octanol–water partition coefficient (Wildman–Crippen LogP) is 1.96. The lowest BCUT2D eigenvalue weighted by molar-refractivity contribution is 0.430. The van der Waals surface area contributed by atoms with Crippen molar-refractivity contribution in [3.05, 3.63) is 11.8 Å². The van der Waals surface area contributed by atoms with Crippen molar-refractivity contribution in [3.63, 3.8) is 0 Å². The average Bonchev–Trinajstić information content (AvgIpc) is 2.64. The highest BCUT2D eigenvalue weighted by molar-refractivity contribution is 5.35. The number of nitrogens with two attached hydrogens (primary N) is 1. The van der Waals surface area contributed by atoms with E-state index in [-0.39, 0.29) is 0 Å². The first kappa shape index (κ1) is 8.60. The maximum absolute atomic E-state index is 5.68. The van der Waals surface area contributed by atoms with Crippen LogP contribution in [0.5, 0.6) is 0 Å². The molecule has 0 bridgehead atoms. The van der Waals surface area contributed by atoms with Crippen LogP contribution in [0.15, 0.2) is 6.20 Å². The molecule has 2 rings (SSSR count). The topological polar surface area (TPSA) is 43.8 Å². The highest BCUT2D eigenvalue weighted by atomic mass is 15.3. The quantitative estimate of drug-likeness (QED) is 0.754. The highest BCUT2D eigenvalue weighted by Gasteiger charge is 2.15. The van der Waals surface area contributed by atoms with Crippen LogP contribution in [0.4, 0.5) is 5.82 Å². The lowest BCUT2D eigenvalue weighted by Gasteiger charge is -2.07. The summed E-state index contributed by atoms with van der Waals surface area (Å²) in [5, 5.41) is 4.27. The molecule has 0 spiro atoms. The molecule has 1 fully saturated rings. The molecule has 0 unspecified atom stereocenters. The van der Waals surface area contributed by atoms with Crippen molar-refractivity contribution in [3.8, 4) is 0 Å². The van der Waals surface area contributed by atoms with Gasteiger partial charge in [0.05, 0.1) is 0 Å². The second-order valence-corrected chi connectivity index (χ2v) is 4.07. The van der Waals surface area contributed by atoms with Gasteiger partial charge in [-0.15, -0.1) is 0 Å². The second-order valence-electron chi connectivity index (χ2n) is 4.07. The normalized spacial score (nSPS) is 18.2. The van der Waals surface area contributed by atoms with Crippen LogP contribution in [0.3, 0.4) is 0 Å². The Balaban J connectivity index is 2.00. The minimum Gasteiger partial charge on any atom is -0.382 e. The van der Waals surface area contributed by atoms with Crippen molar-refractivity contribution < 1.29 is 0 Å². The number of aromatic nitrogens is 2. The fraction of sp³-hybridized carbons (Fsp3) is 0.700. The SMILES string of the molecule is Cc1cn(CC2CCCC2)nc1N. The largest absolute Gasteiger partial charge is 0.382 e. The van der Waals surface area contributed by atoms with E-state index < -0.39 is 0 Å². The van der Waals surface area contributed by atoms with E-state index in [4.69, 9.17) is 5.73 Å². The summed E-state index contributed by atoms with van der Waals surface area (Å²) >= 11 is 0. The summed E-state index contributed by atoms with van der Waals surface area (Å²) in [6.45, 7) is 3.06. The zero-order chi connectivity index (χ0) is 9.26. The third-order valence-corrected chi connectivity index (χ3v) is 2.90. The monoisotopic (exact) mass is 179 g/mol. The maximum Gasteiger partial charge on any atom is 0.148 e. The summed E-state index contributed by atoms with van der Waals surface area (Å²) in [7, 11) is 0. The van der Waals surface area contributed by atoms with Crippen molar-refractivity contribution in [2.45, 2.75) is 39.2 Å². The van der Waals surface area contributed by atoms with Crippen LogP contribution >= 0.6 is 0 Å². The van der Waals surface area contributed by atoms with E-state index in [0.29, 0.717) is 5.82 Å². The third kappa shape index (κ3) is 1.85. The van der Waals surface area contributed by atoms with Gasteiger partial charge in [-0.3, -0.25) is 4.68 Å². The lowest BCUT2D eigenvalue weighted by Crippen LogP contribution is -2.07. The van der Waals surface area contributed by atoms with Crippen LogP contribution in [0, 0.1) is 12.8 Å². The molecule has 3 nitrogen and oxygen atoms in total. The van der Waals surface area contributed by atoms with Gasteiger partial charge in [0.1, 0.15) is 5.82 Å². The average molecular weight is 179 g/mol. The number of nitrogens with zero attached hydrogens (tertiary/aromatic N) is 2. The minimum atomic E-state index is 0.679. The van der Waals surface area contributed by atoms with Crippen molar-refractivity contribution in [2.75, 3.05) is 5.73 Å². The summed E-state index contributed by atoms with van der Waals surface area (Å²) in [5.41, 5.74) is 6.78. The number of hydrogen-bond acceptors (Lipinski definition) is 2. The minimum absolute atomic E-state index is 0.679. The zero-order valence-corrected chi connectivity index (χ0v) is 8.16. The first-order valence-electron chi connectivity index (χ1n) is 5.05. The highest BCUT2D eigenvalue weighted by Crippen LogP contribution is 2.26. The Bertz CT molecular complexity index is 265. The van der Waals surface area contributed by atoms with Gasteiger partial charge in [0.2, 0.25) is 0 Å². The molecule has 0 saturated heterocycles. The molecule has 0 atom stereocenters. The predicted molar refractivity (Wildman–Crippen MR) is 53.3 cm³/mol. The van der Waals surface area contributed by atoms with Gasteiger partial charge >= 0.3 is 0 Å². The second kappa shape index (κ2) is 3.40. The summed E-state index contributed by atoms with van der Waals surface area (Å²) < 4.78 is 2.00. The summed E-state index contributed by atoms with van der Waals surface area (Å²) in [6, 6.07) is 0. The molecule has 2 N–H and O–H groups in total. The molecular weight excluding hydrogens is 162 g/mol. The van der Waals surface area contributed by atoms with Crippen LogP contribution in [0.25, 0.3) is 0 Å². The number of nitrogen functional groups attached to an aromatic ring is 1. The van der Waals surface area contributed by atoms with E-state index in [1.54, 1.807) is 0 Å². The fourth-order valence-corrected chi connectivity index (χ4v) is 2.09. The molecule has 0 radical (unpaired) electrons. The number of aryl methyl sites for hydroxylation is 1. The zero-order valence-electron chi connectivity index (χ0n) is 8.16. The summed E-state index contributed by atoms with van der Waals surface area (Å²) in [4.78, 5) is 0. The lowest BCUT2D eigenvalue weighted by atomic mass is 10.1. The molecule has 72 valence electrons. The van der Waals surface area contributed by atoms with Gasteiger partial charge in [-0.25, -0.2) is 0 Å². The maximum atomic E-state index is 5.68. The van der Waals surface area contributed by atoms with Crippen LogP contribution in [0.1, 0.15) is 31.2 Å². The van der Waals surface area contributed by atoms with Crippen molar-refractivity contribution in [1.29, 1.82) is 0 Å². The number of anilines is 1. The first-order valence-corrected chi connectivity index (χ1v) is 5.05. The Kier molecular flexibility index (Phi) is 2.25. The fourth-order valence-electron chi connectivity index (χ4n) is 2.09. The van der Waals surface area contributed by atoms with Gasteiger partial charge in [-0.2, -0.15) is 5.10 Å². The van der Waals surface area contributed by atoms with Gasteiger partial charge in [0.15, 0.2) is 0 Å². The van der Waals surface area contributed by atoms with Crippen LogP contribution in [-0.2, 0) is 6.54 Å². The van der Waals surface area contributed by atoms with Gasteiger partial charge < -0.3 is 5.73 Å². The number of rotatable bonds is 2. The molecule has 3 heteroatoms. The Labute approximate surface area is 78.9 Å². The third-order valence-electron chi connectivity index (χ3n) is 2.90. The molecule has 13 heavy (non-hydrogen) atoms. The number of hydrogen-bond donors (Lipinski definition) is 1. The molecule has 1 aromatic rings. The van der Waals surface area contributed by atoms with Gasteiger partial charge in [-0.05, 0) is 25.7 Å². The van der Waals surface area contributed by atoms with Gasteiger partial charge in [0, 0.05) is 18.3 Å². The van der Waals surface area contributed by atoms with E-state index in [0.717, 1.165) is 18.0 Å². The smallest absolute Gasteiger partial charge is 0.148 e. The molecule has 1 saturated carbocycles. The molecule has 1 aliphatic rings. The Morgan fingerprint density at radius 2 is 2.23 bits per heavy atom. The molecule has 1 aromatic heterocycles. The summed E-state index contributed by atoms with van der Waals surface area (Å²) in [5.74, 6) is 1.51. The van der Waals surface area contributed by atoms with E-state index in [9.17, 15) is 0 Å². The van der Waals surface area contributed by atoms with Gasteiger partial charge in [0.25, 0.3) is 0 Å². The molecule has 1 heterocycles. The molecule has 0 aromatic carbocycles. The first-order chi connectivity index (χ1) is 6.25. The van der Waals surface area contributed by atoms with Crippen molar-refractivity contribution in [2.24, 2.45) is 5.92 Å². The Hall–Kier alpha value is -0.990. The van der Waals surface area contributed by atoms with Crippen molar-refractivity contribution in [1.82, 2.24) is 9.78 Å². The van der Waals surface area contributed by atoms with E-state index in [1.165, 1.54) is 25.7 Å². The standard InChI is InChI=1S/C10H17N3/c1-8-6-13(12-10(8)11)7-9-4-2-3-5-9/h6,9H,2-5,7H2,1H3,(H2,11,12).